The molecule has 17 heavy (non-hydrogen) atoms. The minimum absolute atomic E-state index is 0. The van der Waals surface area contributed by atoms with E-state index in [1.165, 1.54) is 0 Å². The lowest BCUT2D eigenvalue weighted by Gasteiger charge is -2.19. The van der Waals surface area contributed by atoms with Crippen molar-refractivity contribution in [3.05, 3.63) is 23.8 Å². The van der Waals surface area contributed by atoms with Crippen LogP contribution in [0.3, 0.4) is 0 Å². The summed E-state index contributed by atoms with van der Waals surface area (Å²) in [4.78, 5) is 2.38. The van der Waals surface area contributed by atoms with Gasteiger partial charge in [-0.05, 0) is 43.6 Å². The number of hydrogen-bond donors (Lipinski definition) is 2. The Balaban J connectivity index is 0.00000256. The summed E-state index contributed by atoms with van der Waals surface area (Å²) in [6.07, 6.45) is 2.07. The van der Waals surface area contributed by atoms with Crippen LogP contribution < -0.4 is 0 Å². The summed E-state index contributed by atoms with van der Waals surface area (Å²) >= 11 is 0. The van der Waals surface area contributed by atoms with Crippen molar-refractivity contribution in [3.63, 3.8) is 0 Å². The van der Waals surface area contributed by atoms with Crippen molar-refractivity contribution in [2.24, 2.45) is 0 Å². The highest BCUT2D eigenvalue weighted by atomic mass is 35.5. The van der Waals surface area contributed by atoms with Crippen LogP contribution >= 0.6 is 12.4 Å². The fourth-order valence-electron chi connectivity index (χ4n) is 1.76. The molecule has 0 aromatic heterocycles. The summed E-state index contributed by atoms with van der Waals surface area (Å²) in [5.74, 6) is -0.0827. The van der Waals surface area contributed by atoms with Crippen LogP contribution in [0.25, 0.3) is 0 Å². The van der Waals surface area contributed by atoms with E-state index in [9.17, 15) is 10.2 Å². The largest absolute Gasteiger partial charge is 0.504 e. The number of phenols is 2. The monoisotopic (exact) mass is 259 g/mol. The number of nitrogens with zero attached hydrogens (tertiary/aromatic N) is 1. The van der Waals surface area contributed by atoms with Crippen LogP contribution in [0.2, 0.25) is 0 Å². The average molecular weight is 260 g/mol. The molecule has 0 fully saturated rings. The van der Waals surface area contributed by atoms with Gasteiger partial charge >= 0.3 is 0 Å². The third-order valence-electron chi connectivity index (χ3n) is 2.74. The molecule has 98 valence electrons. The van der Waals surface area contributed by atoms with Crippen molar-refractivity contribution < 1.29 is 10.2 Å². The van der Waals surface area contributed by atoms with Crippen LogP contribution in [0.1, 0.15) is 25.8 Å². The number of aromatic hydroxyl groups is 2. The normalized spacial score (nSPS) is 10.3. The molecule has 4 heteroatoms. The Labute approximate surface area is 109 Å². The van der Waals surface area contributed by atoms with Crippen LogP contribution in [-0.4, -0.2) is 34.7 Å². The number of benzene rings is 1. The molecule has 1 aromatic carbocycles. The van der Waals surface area contributed by atoms with Gasteiger partial charge in [0.2, 0.25) is 0 Å². The minimum atomic E-state index is -0.0512. The van der Waals surface area contributed by atoms with Crippen molar-refractivity contribution >= 4 is 12.4 Å². The molecule has 0 heterocycles. The molecule has 0 saturated heterocycles. The summed E-state index contributed by atoms with van der Waals surface area (Å²) in [6, 6.07) is 5.03. The lowest BCUT2D eigenvalue weighted by atomic mass is 10.1. The standard InChI is InChI=1S/C13H21NO2.ClH/c1-3-8-14(4-2)9-7-11-5-6-12(15)13(16)10-11;/h5-6,10,15-16H,3-4,7-9H2,1-2H3;1H. The molecular formula is C13H22ClNO2. The van der Waals surface area contributed by atoms with E-state index >= 15 is 0 Å². The Morgan fingerprint density at radius 1 is 1.06 bits per heavy atom. The first kappa shape index (κ1) is 16.1. The first-order valence-corrected chi connectivity index (χ1v) is 5.90. The first-order valence-electron chi connectivity index (χ1n) is 5.90. The molecule has 3 nitrogen and oxygen atoms in total. The van der Waals surface area contributed by atoms with Gasteiger partial charge in [0.15, 0.2) is 11.5 Å². The SMILES string of the molecule is CCCN(CC)CCc1ccc(O)c(O)c1.Cl. The van der Waals surface area contributed by atoms with Gasteiger partial charge in [0.05, 0.1) is 0 Å². The van der Waals surface area contributed by atoms with Gasteiger partial charge in [0.1, 0.15) is 0 Å². The van der Waals surface area contributed by atoms with Gasteiger partial charge in [-0.1, -0.05) is 19.9 Å². The van der Waals surface area contributed by atoms with Gasteiger partial charge in [-0.3, -0.25) is 0 Å². The molecule has 1 aromatic rings. The summed E-state index contributed by atoms with van der Waals surface area (Å²) in [6.45, 7) is 7.49. The number of rotatable bonds is 6. The Morgan fingerprint density at radius 2 is 1.76 bits per heavy atom. The molecule has 0 amide bonds. The van der Waals surface area contributed by atoms with E-state index in [2.05, 4.69) is 18.7 Å². The van der Waals surface area contributed by atoms with Crippen molar-refractivity contribution in [3.8, 4) is 11.5 Å². The van der Waals surface area contributed by atoms with E-state index in [0.717, 1.165) is 38.0 Å². The summed E-state index contributed by atoms with van der Waals surface area (Å²) in [7, 11) is 0. The zero-order valence-corrected chi connectivity index (χ0v) is 11.3. The second-order valence-corrected chi connectivity index (χ2v) is 4.01. The first-order chi connectivity index (χ1) is 7.67. The molecular weight excluding hydrogens is 238 g/mol. The van der Waals surface area contributed by atoms with Gasteiger partial charge < -0.3 is 15.1 Å². The molecule has 0 spiro atoms. The van der Waals surface area contributed by atoms with Crippen LogP contribution in [0.5, 0.6) is 11.5 Å². The van der Waals surface area contributed by atoms with Crippen LogP contribution in [0, 0.1) is 0 Å². The van der Waals surface area contributed by atoms with Gasteiger partial charge in [0.25, 0.3) is 0 Å². The maximum Gasteiger partial charge on any atom is 0.157 e. The Bertz CT molecular complexity index is 331. The van der Waals surface area contributed by atoms with Crippen molar-refractivity contribution in [1.82, 2.24) is 4.90 Å². The number of likely N-dealkylation sites (N-methyl/N-ethyl adjacent to an activating group) is 1. The van der Waals surface area contributed by atoms with Gasteiger partial charge in [-0.15, -0.1) is 12.4 Å². The number of hydrogen-bond acceptors (Lipinski definition) is 3. The van der Waals surface area contributed by atoms with Crippen LogP contribution in [0.4, 0.5) is 0 Å². The van der Waals surface area contributed by atoms with Gasteiger partial charge in [-0.2, -0.15) is 0 Å². The third-order valence-corrected chi connectivity index (χ3v) is 2.74. The molecule has 1 rings (SSSR count). The maximum absolute atomic E-state index is 9.36. The predicted molar refractivity (Wildman–Crippen MR) is 73.1 cm³/mol. The summed E-state index contributed by atoms with van der Waals surface area (Å²) < 4.78 is 0. The quantitative estimate of drug-likeness (QED) is 0.772. The van der Waals surface area contributed by atoms with E-state index in [-0.39, 0.29) is 23.9 Å². The van der Waals surface area contributed by atoms with E-state index in [1.807, 2.05) is 6.07 Å². The Kier molecular flexibility index (Phi) is 7.75. The molecule has 0 aliphatic carbocycles. The molecule has 0 atom stereocenters. The lowest BCUT2D eigenvalue weighted by Crippen LogP contribution is -2.26. The van der Waals surface area contributed by atoms with Crippen LogP contribution in [-0.2, 0) is 6.42 Å². The molecule has 0 saturated carbocycles. The Morgan fingerprint density at radius 3 is 2.29 bits per heavy atom. The van der Waals surface area contributed by atoms with Crippen LogP contribution in [0.15, 0.2) is 18.2 Å². The maximum atomic E-state index is 9.36. The zero-order valence-electron chi connectivity index (χ0n) is 10.5. The predicted octanol–water partition coefficient (Wildman–Crippen LogP) is 2.79. The molecule has 0 aliphatic rings. The highest BCUT2D eigenvalue weighted by molar-refractivity contribution is 5.85. The smallest absolute Gasteiger partial charge is 0.157 e. The number of phenolic OH excluding ortho intramolecular Hbond substituents is 2. The van der Waals surface area contributed by atoms with E-state index in [1.54, 1.807) is 12.1 Å². The zero-order chi connectivity index (χ0) is 12.0. The van der Waals surface area contributed by atoms with Crippen molar-refractivity contribution in [2.75, 3.05) is 19.6 Å². The average Bonchev–Trinajstić information content (AvgIpc) is 2.28. The van der Waals surface area contributed by atoms with Gasteiger partial charge in [0, 0.05) is 6.54 Å². The summed E-state index contributed by atoms with van der Waals surface area (Å²) in [5.41, 5.74) is 1.06. The van der Waals surface area contributed by atoms with Crippen molar-refractivity contribution in [1.29, 1.82) is 0 Å². The second kappa shape index (κ2) is 8.20. The molecule has 0 bridgehead atoms. The second-order valence-electron chi connectivity index (χ2n) is 4.01. The highest BCUT2D eigenvalue weighted by Crippen LogP contribution is 2.25. The molecule has 0 unspecified atom stereocenters. The molecule has 0 radical (unpaired) electrons. The summed E-state index contributed by atoms with van der Waals surface area (Å²) in [5, 5.41) is 18.6. The Hall–Kier alpha value is -0.930. The third kappa shape index (κ3) is 5.29. The number of halogens is 1. The lowest BCUT2D eigenvalue weighted by molar-refractivity contribution is 0.292. The minimum Gasteiger partial charge on any atom is -0.504 e. The highest BCUT2D eigenvalue weighted by Gasteiger charge is 2.04. The van der Waals surface area contributed by atoms with E-state index < -0.39 is 0 Å². The van der Waals surface area contributed by atoms with Crippen molar-refractivity contribution in [2.45, 2.75) is 26.7 Å². The molecule has 2 N–H and O–H groups in total. The van der Waals surface area contributed by atoms with E-state index in [0.29, 0.717) is 0 Å². The van der Waals surface area contributed by atoms with Gasteiger partial charge in [-0.25, -0.2) is 0 Å². The fraction of sp³-hybridized carbons (Fsp3) is 0.538. The fourth-order valence-corrected chi connectivity index (χ4v) is 1.76. The topological polar surface area (TPSA) is 43.7 Å². The van der Waals surface area contributed by atoms with E-state index in [4.69, 9.17) is 0 Å². The molecule has 0 aliphatic heterocycles.